The van der Waals surface area contributed by atoms with Crippen molar-refractivity contribution >= 4 is 34.1 Å². The monoisotopic (exact) mass is 304 g/mol. The number of fused-ring (bicyclic) bond motifs is 2. The van der Waals surface area contributed by atoms with Crippen molar-refractivity contribution in [2.75, 3.05) is 11.9 Å². The third kappa shape index (κ3) is 2.28. The zero-order chi connectivity index (χ0) is 15.8. The van der Waals surface area contributed by atoms with E-state index in [1.165, 1.54) is 0 Å². The van der Waals surface area contributed by atoms with Gasteiger partial charge in [-0.1, -0.05) is 12.1 Å². The number of hydrogen-bond acceptors (Lipinski definition) is 2. The van der Waals surface area contributed by atoms with E-state index in [9.17, 15) is 4.79 Å². The maximum Gasteiger partial charge on any atom is 0.256 e. The molecule has 0 atom stereocenters. The first-order valence-electron chi connectivity index (χ1n) is 7.62. The van der Waals surface area contributed by atoms with Gasteiger partial charge in [0.15, 0.2) is 0 Å². The molecule has 23 heavy (non-hydrogen) atoms. The summed E-state index contributed by atoms with van der Waals surface area (Å²) >= 11 is 0. The average Bonchev–Trinajstić information content (AvgIpc) is 3.13. The molecule has 0 aliphatic carbocycles. The lowest BCUT2D eigenvalue weighted by atomic mass is 10.0. The molecule has 114 valence electrons. The van der Waals surface area contributed by atoms with Crippen molar-refractivity contribution in [2.45, 2.75) is 6.92 Å². The van der Waals surface area contributed by atoms with E-state index in [0.717, 1.165) is 33.5 Å². The largest absolute Gasteiger partial charge is 0.494 e. The number of nitrogens with one attached hydrogen (secondary N) is 2. The number of H-pyrrole nitrogens is 1. The van der Waals surface area contributed by atoms with Crippen LogP contribution in [-0.2, 0) is 4.79 Å². The van der Waals surface area contributed by atoms with Crippen molar-refractivity contribution in [2.24, 2.45) is 0 Å². The number of carbonyl (C=O) groups excluding carboxylic acids is 1. The van der Waals surface area contributed by atoms with Crippen molar-refractivity contribution in [1.82, 2.24) is 4.98 Å². The number of ether oxygens (including phenoxy) is 1. The molecule has 4 heteroatoms. The lowest BCUT2D eigenvalue weighted by Crippen LogP contribution is -2.03. The van der Waals surface area contributed by atoms with Gasteiger partial charge in [-0.25, -0.2) is 0 Å². The fraction of sp³-hybridized carbons (Fsp3) is 0.105. The van der Waals surface area contributed by atoms with Crippen LogP contribution in [0.15, 0.2) is 48.7 Å². The van der Waals surface area contributed by atoms with Crippen LogP contribution in [0.1, 0.15) is 18.1 Å². The third-order valence-corrected chi connectivity index (χ3v) is 4.01. The first-order chi connectivity index (χ1) is 11.3. The van der Waals surface area contributed by atoms with Gasteiger partial charge in [-0.3, -0.25) is 4.79 Å². The van der Waals surface area contributed by atoms with Crippen LogP contribution in [0.4, 0.5) is 5.69 Å². The average molecular weight is 304 g/mol. The minimum absolute atomic E-state index is 0.0822. The Kier molecular flexibility index (Phi) is 3.15. The summed E-state index contributed by atoms with van der Waals surface area (Å²) in [4.78, 5) is 15.5. The molecular weight excluding hydrogens is 288 g/mol. The molecule has 1 aliphatic rings. The van der Waals surface area contributed by atoms with E-state index in [1.807, 2.05) is 61.7 Å². The lowest BCUT2D eigenvalue weighted by molar-refractivity contribution is -0.110. The first kappa shape index (κ1) is 13.6. The quantitative estimate of drug-likeness (QED) is 0.717. The van der Waals surface area contributed by atoms with Gasteiger partial charge >= 0.3 is 0 Å². The molecule has 2 heterocycles. The van der Waals surface area contributed by atoms with Gasteiger partial charge in [-0.15, -0.1) is 0 Å². The van der Waals surface area contributed by atoms with Gasteiger partial charge in [0.25, 0.3) is 5.91 Å². The van der Waals surface area contributed by atoms with Crippen molar-refractivity contribution in [3.8, 4) is 5.75 Å². The molecule has 1 amide bonds. The van der Waals surface area contributed by atoms with Crippen molar-refractivity contribution in [3.63, 3.8) is 0 Å². The zero-order valence-corrected chi connectivity index (χ0v) is 12.7. The topological polar surface area (TPSA) is 54.1 Å². The molecular formula is C19H16N2O2. The number of hydrogen-bond donors (Lipinski definition) is 2. The molecule has 1 aromatic heterocycles. The molecule has 0 saturated carbocycles. The SMILES string of the molecule is CCOc1ccc2c(c1)NC(=O)/C2=C/c1cccc2[nH]ccc12. The van der Waals surface area contributed by atoms with Crippen LogP contribution in [0.2, 0.25) is 0 Å². The summed E-state index contributed by atoms with van der Waals surface area (Å²) < 4.78 is 5.49. The van der Waals surface area contributed by atoms with Gasteiger partial charge in [-0.2, -0.15) is 0 Å². The summed E-state index contributed by atoms with van der Waals surface area (Å²) in [5.41, 5.74) is 4.47. The number of anilines is 1. The number of aromatic nitrogens is 1. The highest BCUT2D eigenvalue weighted by atomic mass is 16.5. The Hall–Kier alpha value is -3.01. The smallest absolute Gasteiger partial charge is 0.256 e. The summed E-state index contributed by atoms with van der Waals surface area (Å²) in [5, 5.41) is 4.02. The van der Waals surface area contributed by atoms with E-state index in [4.69, 9.17) is 4.74 Å². The second-order valence-corrected chi connectivity index (χ2v) is 5.44. The Balaban J connectivity index is 1.81. The number of aromatic amines is 1. The minimum Gasteiger partial charge on any atom is -0.494 e. The highest BCUT2D eigenvalue weighted by molar-refractivity contribution is 6.35. The van der Waals surface area contributed by atoms with E-state index in [2.05, 4.69) is 10.3 Å². The van der Waals surface area contributed by atoms with Crippen LogP contribution in [-0.4, -0.2) is 17.5 Å². The number of benzene rings is 2. The summed E-state index contributed by atoms with van der Waals surface area (Å²) in [6, 6.07) is 13.7. The Morgan fingerprint density at radius 3 is 2.96 bits per heavy atom. The molecule has 4 rings (SSSR count). The zero-order valence-electron chi connectivity index (χ0n) is 12.7. The Morgan fingerprint density at radius 1 is 1.17 bits per heavy atom. The second kappa shape index (κ2) is 5.32. The van der Waals surface area contributed by atoms with Gasteiger partial charge in [0.1, 0.15) is 5.75 Å². The molecule has 0 fully saturated rings. The van der Waals surface area contributed by atoms with Gasteiger partial charge < -0.3 is 15.0 Å². The van der Waals surface area contributed by atoms with Crippen LogP contribution >= 0.6 is 0 Å². The Labute approximate surface area is 133 Å². The van der Waals surface area contributed by atoms with Gasteiger partial charge in [0.2, 0.25) is 0 Å². The predicted octanol–water partition coefficient (Wildman–Crippen LogP) is 4.06. The summed E-state index contributed by atoms with van der Waals surface area (Å²) in [5.74, 6) is 0.682. The van der Waals surface area contributed by atoms with Crippen molar-refractivity contribution in [1.29, 1.82) is 0 Å². The van der Waals surface area contributed by atoms with E-state index in [-0.39, 0.29) is 5.91 Å². The summed E-state index contributed by atoms with van der Waals surface area (Å²) in [6.45, 7) is 2.54. The standard InChI is InChI=1S/C19H16N2O2/c1-2-23-13-6-7-15-16(19(22)21-18(15)11-13)10-12-4-3-5-17-14(12)8-9-20-17/h3-11,20H,2H2,1H3,(H,21,22)/b16-10+. The van der Waals surface area contributed by atoms with Crippen LogP contribution in [0, 0.1) is 0 Å². The molecule has 3 aromatic rings. The van der Waals surface area contributed by atoms with Crippen LogP contribution < -0.4 is 10.1 Å². The maximum absolute atomic E-state index is 12.4. The molecule has 0 bridgehead atoms. The predicted molar refractivity (Wildman–Crippen MR) is 92.4 cm³/mol. The normalized spacial score (nSPS) is 15.0. The first-order valence-corrected chi connectivity index (χ1v) is 7.62. The fourth-order valence-electron chi connectivity index (χ4n) is 2.96. The molecule has 2 aromatic carbocycles. The highest BCUT2D eigenvalue weighted by Gasteiger charge is 2.24. The maximum atomic E-state index is 12.4. The van der Waals surface area contributed by atoms with E-state index >= 15 is 0 Å². The number of rotatable bonds is 3. The van der Waals surface area contributed by atoms with E-state index < -0.39 is 0 Å². The highest BCUT2D eigenvalue weighted by Crippen LogP contribution is 2.36. The number of carbonyl (C=O) groups is 1. The van der Waals surface area contributed by atoms with Gasteiger partial charge in [0.05, 0.1) is 12.3 Å². The fourth-order valence-corrected chi connectivity index (χ4v) is 2.96. The lowest BCUT2D eigenvalue weighted by Gasteiger charge is -2.05. The van der Waals surface area contributed by atoms with Crippen LogP contribution in [0.25, 0.3) is 22.6 Å². The molecule has 0 spiro atoms. The van der Waals surface area contributed by atoms with Crippen LogP contribution in [0.3, 0.4) is 0 Å². The Bertz CT molecular complexity index is 937. The minimum atomic E-state index is -0.0822. The van der Waals surface area contributed by atoms with Crippen molar-refractivity contribution in [3.05, 3.63) is 59.8 Å². The summed E-state index contributed by atoms with van der Waals surface area (Å²) in [7, 11) is 0. The molecule has 0 saturated heterocycles. The van der Waals surface area contributed by atoms with Gasteiger partial charge in [-0.05, 0) is 42.8 Å². The number of amides is 1. The van der Waals surface area contributed by atoms with Gasteiger partial charge in [0, 0.05) is 34.3 Å². The van der Waals surface area contributed by atoms with Crippen molar-refractivity contribution < 1.29 is 9.53 Å². The van der Waals surface area contributed by atoms with E-state index in [0.29, 0.717) is 12.2 Å². The Morgan fingerprint density at radius 2 is 2.09 bits per heavy atom. The van der Waals surface area contributed by atoms with E-state index in [1.54, 1.807) is 0 Å². The molecule has 0 radical (unpaired) electrons. The molecule has 4 nitrogen and oxygen atoms in total. The summed E-state index contributed by atoms with van der Waals surface area (Å²) in [6.07, 6.45) is 3.85. The molecule has 0 unspecified atom stereocenters. The second-order valence-electron chi connectivity index (χ2n) is 5.44. The third-order valence-electron chi connectivity index (χ3n) is 4.01. The molecule has 1 aliphatic heterocycles. The molecule has 2 N–H and O–H groups in total. The van der Waals surface area contributed by atoms with Crippen LogP contribution in [0.5, 0.6) is 5.75 Å².